The molecule has 0 spiro atoms. The van der Waals surface area contributed by atoms with Gasteiger partial charge in [-0.3, -0.25) is 4.98 Å². The van der Waals surface area contributed by atoms with Crippen molar-refractivity contribution in [3.8, 4) is 11.5 Å². The number of ether oxygens (including phenoxy) is 2. The van der Waals surface area contributed by atoms with Gasteiger partial charge < -0.3 is 9.47 Å². The number of benzene rings is 2. The summed E-state index contributed by atoms with van der Waals surface area (Å²) in [7, 11) is -0.652. The molecule has 6 nitrogen and oxygen atoms in total. The van der Waals surface area contributed by atoms with Crippen molar-refractivity contribution >= 4 is 20.9 Å². The number of pyridine rings is 1. The van der Waals surface area contributed by atoms with Gasteiger partial charge in [0.2, 0.25) is 10.0 Å². The number of hydrogen-bond donors (Lipinski definition) is 1. The van der Waals surface area contributed by atoms with E-state index in [0.29, 0.717) is 17.1 Å². The zero-order valence-electron chi connectivity index (χ0n) is 13.9. The van der Waals surface area contributed by atoms with Crippen molar-refractivity contribution in [2.45, 2.75) is 11.4 Å². The first kappa shape index (κ1) is 17.2. The first-order valence-electron chi connectivity index (χ1n) is 7.59. The highest BCUT2D eigenvalue weighted by Crippen LogP contribution is 2.30. The van der Waals surface area contributed by atoms with Crippen LogP contribution in [-0.4, -0.2) is 27.6 Å². The molecule has 0 amide bonds. The second-order valence-electron chi connectivity index (χ2n) is 5.34. The molecule has 0 fully saturated rings. The van der Waals surface area contributed by atoms with Gasteiger partial charge in [0.05, 0.1) is 19.7 Å². The molecule has 1 aromatic heterocycles. The summed E-state index contributed by atoms with van der Waals surface area (Å²) < 4.78 is 38.3. The van der Waals surface area contributed by atoms with E-state index < -0.39 is 10.0 Å². The highest BCUT2D eigenvalue weighted by Gasteiger charge is 2.17. The smallest absolute Gasteiger partial charge is 0.242 e. The zero-order chi connectivity index (χ0) is 17.9. The first-order chi connectivity index (χ1) is 12.0. The molecule has 3 aromatic rings. The minimum absolute atomic E-state index is 0.0789. The molecule has 0 aliphatic rings. The predicted octanol–water partition coefficient (Wildman–Crippen LogP) is 2.73. The lowest BCUT2D eigenvalue weighted by atomic mass is 10.2. The summed E-state index contributed by atoms with van der Waals surface area (Å²) in [5.41, 5.74) is 1.43. The maximum Gasteiger partial charge on any atom is 0.242 e. The molecule has 0 atom stereocenters. The summed E-state index contributed by atoms with van der Waals surface area (Å²) in [5, 5.41) is 0.768. The Morgan fingerprint density at radius 2 is 1.84 bits per heavy atom. The van der Waals surface area contributed by atoms with Crippen LogP contribution in [0, 0.1) is 0 Å². The number of aromatic nitrogens is 1. The van der Waals surface area contributed by atoms with Crippen LogP contribution in [0.1, 0.15) is 5.56 Å². The quantitative estimate of drug-likeness (QED) is 0.733. The molecular formula is C18H18N2O4S. The third-order valence-electron chi connectivity index (χ3n) is 3.81. The lowest BCUT2D eigenvalue weighted by molar-refractivity contribution is 0.351. The minimum atomic E-state index is -3.70. The number of methoxy groups -OCH3 is 2. The molecular weight excluding hydrogens is 340 g/mol. The van der Waals surface area contributed by atoms with Crippen LogP contribution >= 0.6 is 0 Å². The SMILES string of the molecule is COc1cccc(CNS(=O)(=O)c2cnc3ccccc3c2)c1OC. The van der Waals surface area contributed by atoms with Crippen molar-refractivity contribution in [1.82, 2.24) is 9.71 Å². The average molecular weight is 358 g/mol. The summed E-state index contributed by atoms with van der Waals surface area (Å²) >= 11 is 0. The first-order valence-corrected chi connectivity index (χ1v) is 9.08. The van der Waals surface area contributed by atoms with E-state index in [0.717, 1.165) is 10.9 Å². The van der Waals surface area contributed by atoms with Crippen LogP contribution in [0.4, 0.5) is 0 Å². The van der Waals surface area contributed by atoms with Crippen LogP contribution < -0.4 is 14.2 Å². The van der Waals surface area contributed by atoms with E-state index in [9.17, 15) is 8.42 Å². The Kier molecular flexibility index (Phi) is 4.87. The van der Waals surface area contributed by atoms with Crippen molar-refractivity contribution < 1.29 is 17.9 Å². The molecule has 2 aromatic carbocycles. The van der Waals surface area contributed by atoms with Gasteiger partial charge >= 0.3 is 0 Å². The van der Waals surface area contributed by atoms with Crippen LogP contribution in [-0.2, 0) is 16.6 Å². The Labute approximate surface area is 146 Å². The topological polar surface area (TPSA) is 77.5 Å². The number of nitrogens with zero attached hydrogens (tertiary/aromatic N) is 1. The van der Waals surface area contributed by atoms with E-state index in [4.69, 9.17) is 9.47 Å². The molecule has 0 aliphatic heterocycles. The Bertz CT molecular complexity index is 1000. The Balaban J connectivity index is 1.86. The van der Waals surface area contributed by atoms with E-state index in [1.54, 1.807) is 24.3 Å². The van der Waals surface area contributed by atoms with Gasteiger partial charge in [-0.05, 0) is 18.2 Å². The zero-order valence-corrected chi connectivity index (χ0v) is 14.7. The Morgan fingerprint density at radius 3 is 2.60 bits per heavy atom. The van der Waals surface area contributed by atoms with Gasteiger partial charge in [0, 0.05) is 23.7 Å². The standard InChI is InChI=1S/C18H18N2O4S/c1-23-17-9-5-7-14(18(17)24-2)11-20-25(21,22)15-10-13-6-3-4-8-16(13)19-12-15/h3-10,12,20H,11H2,1-2H3. The summed E-state index contributed by atoms with van der Waals surface area (Å²) in [6, 6.07) is 14.3. The molecule has 3 rings (SSSR count). The second kappa shape index (κ2) is 7.08. The van der Waals surface area contributed by atoms with Crippen molar-refractivity contribution in [2.75, 3.05) is 14.2 Å². The fourth-order valence-electron chi connectivity index (χ4n) is 2.55. The van der Waals surface area contributed by atoms with Crippen molar-refractivity contribution in [2.24, 2.45) is 0 Å². The highest BCUT2D eigenvalue weighted by atomic mass is 32.2. The normalized spacial score (nSPS) is 11.4. The molecule has 130 valence electrons. The molecule has 25 heavy (non-hydrogen) atoms. The third-order valence-corrected chi connectivity index (χ3v) is 5.18. The van der Waals surface area contributed by atoms with Gasteiger partial charge in [-0.25, -0.2) is 13.1 Å². The molecule has 0 unspecified atom stereocenters. The molecule has 0 radical (unpaired) electrons. The maximum atomic E-state index is 12.6. The average Bonchev–Trinajstić information content (AvgIpc) is 2.65. The van der Waals surface area contributed by atoms with Crippen LogP contribution in [0.3, 0.4) is 0 Å². The molecule has 0 saturated heterocycles. The fourth-order valence-corrected chi connectivity index (χ4v) is 3.53. The lowest BCUT2D eigenvalue weighted by Gasteiger charge is -2.13. The lowest BCUT2D eigenvalue weighted by Crippen LogP contribution is -2.23. The number of para-hydroxylation sites is 2. The second-order valence-corrected chi connectivity index (χ2v) is 7.11. The number of fused-ring (bicyclic) bond motifs is 1. The Morgan fingerprint density at radius 1 is 1.04 bits per heavy atom. The van der Waals surface area contributed by atoms with E-state index in [1.165, 1.54) is 20.4 Å². The van der Waals surface area contributed by atoms with Crippen LogP contribution in [0.25, 0.3) is 10.9 Å². The van der Waals surface area contributed by atoms with Gasteiger partial charge in [-0.1, -0.05) is 30.3 Å². The van der Waals surface area contributed by atoms with Crippen molar-refractivity contribution in [3.05, 3.63) is 60.3 Å². The van der Waals surface area contributed by atoms with Crippen LogP contribution in [0.15, 0.2) is 59.6 Å². The van der Waals surface area contributed by atoms with Crippen LogP contribution in [0.5, 0.6) is 11.5 Å². The summed E-state index contributed by atoms with van der Waals surface area (Å²) in [4.78, 5) is 4.32. The van der Waals surface area contributed by atoms with Gasteiger partial charge in [-0.2, -0.15) is 0 Å². The fraction of sp³-hybridized carbons (Fsp3) is 0.167. The third kappa shape index (κ3) is 3.57. The summed E-state index contributed by atoms with van der Waals surface area (Å²) in [6.07, 6.45) is 1.35. The molecule has 0 bridgehead atoms. The van der Waals surface area contributed by atoms with Gasteiger partial charge in [-0.15, -0.1) is 0 Å². The number of nitrogens with one attached hydrogen (secondary N) is 1. The van der Waals surface area contributed by atoms with E-state index in [1.807, 2.05) is 24.3 Å². The van der Waals surface area contributed by atoms with Gasteiger partial charge in [0.25, 0.3) is 0 Å². The Hall–Kier alpha value is -2.64. The largest absolute Gasteiger partial charge is 0.493 e. The molecule has 1 N–H and O–H groups in total. The highest BCUT2D eigenvalue weighted by molar-refractivity contribution is 7.89. The molecule has 1 heterocycles. The molecule has 0 saturated carbocycles. The van der Waals surface area contributed by atoms with Gasteiger partial charge in [0.15, 0.2) is 11.5 Å². The van der Waals surface area contributed by atoms with E-state index in [2.05, 4.69) is 9.71 Å². The summed E-state index contributed by atoms with van der Waals surface area (Å²) in [6.45, 7) is 0.0789. The predicted molar refractivity (Wildman–Crippen MR) is 95.3 cm³/mol. The van der Waals surface area contributed by atoms with Crippen molar-refractivity contribution in [1.29, 1.82) is 0 Å². The van der Waals surface area contributed by atoms with E-state index >= 15 is 0 Å². The maximum absolute atomic E-state index is 12.6. The number of rotatable bonds is 6. The van der Waals surface area contributed by atoms with E-state index in [-0.39, 0.29) is 11.4 Å². The molecule has 0 aliphatic carbocycles. The minimum Gasteiger partial charge on any atom is -0.493 e. The monoisotopic (exact) mass is 358 g/mol. The van der Waals surface area contributed by atoms with Crippen molar-refractivity contribution in [3.63, 3.8) is 0 Å². The van der Waals surface area contributed by atoms with Crippen LogP contribution in [0.2, 0.25) is 0 Å². The summed E-state index contributed by atoms with van der Waals surface area (Å²) in [5.74, 6) is 1.05. The van der Waals surface area contributed by atoms with Gasteiger partial charge in [0.1, 0.15) is 4.90 Å². The molecule has 7 heteroatoms. The number of hydrogen-bond acceptors (Lipinski definition) is 5. The number of sulfonamides is 1.